The number of nitrogens with zero attached hydrogens (tertiary/aromatic N) is 2. The fourth-order valence-corrected chi connectivity index (χ4v) is 4.18. The molecular formula is C27H22F3N3O3. The highest BCUT2D eigenvalue weighted by Crippen LogP contribution is 2.29. The summed E-state index contributed by atoms with van der Waals surface area (Å²) < 4.78 is 41.9. The number of carbonyl (C=O) groups is 1. The minimum absolute atomic E-state index is 0.0865. The Labute approximate surface area is 203 Å². The molecule has 36 heavy (non-hydrogen) atoms. The molecule has 1 N–H and O–H groups in total. The molecule has 1 aromatic heterocycles. The molecule has 6 nitrogen and oxygen atoms in total. The van der Waals surface area contributed by atoms with E-state index in [1.54, 1.807) is 48.5 Å². The molecule has 1 aliphatic carbocycles. The highest BCUT2D eigenvalue weighted by molar-refractivity contribution is 5.79. The van der Waals surface area contributed by atoms with Crippen molar-refractivity contribution in [3.05, 3.63) is 110 Å². The normalized spacial score (nSPS) is 13.6. The Hall–Kier alpha value is -4.14. The lowest BCUT2D eigenvalue weighted by Crippen LogP contribution is -2.39. The van der Waals surface area contributed by atoms with Gasteiger partial charge in [-0.05, 0) is 60.4 Å². The third-order valence-corrected chi connectivity index (χ3v) is 6.15. The van der Waals surface area contributed by atoms with Crippen LogP contribution in [-0.2, 0) is 23.9 Å². The number of alkyl halides is 3. The molecule has 0 bridgehead atoms. The monoisotopic (exact) mass is 493 g/mol. The molecule has 184 valence electrons. The molecule has 1 aliphatic rings. The van der Waals surface area contributed by atoms with Crippen molar-refractivity contribution in [1.29, 1.82) is 0 Å². The number of halogens is 3. The molecule has 0 spiro atoms. The van der Waals surface area contributed by atoms with Crippen molar-refractivity contribution in [2.24, 2.45) is 0 Å². The van der Waals surface area contributed by atoms with Crippen molar-refractivity contribution in [3.63, 3.8) is 0 Å². The van der Waals surface area contributed by atoms with Crippen LogP contribution in [0.2, 0.25) is 0 Å². The molecule has 3 aromatic carbocycles. The highest BCUT2D eigenvalue weighted by atomic mass is 19.4. The van der Waals surface area contributed by atoms with E-state index in [-0.39, 0.29) is 35.9 Å². The number of hydrogen-bond acceptors (Lipinski definition) is 3. The van der Waals surface area contributed by atoms with Crippen molar-refractivity contribution in [2.75, 3.05) is 0 Å². The Morgan fingerprint density at radius 3 is 2.33 bits per heavy atom. The van der Waals surface area contributed by atoms with Crippen molar-refractivity contribution in [1.82, 2.24) is 14.5 Å². The predicted molar refractivity (Wildman–Crippen MR) is 129 cm³/mol. The molecule has 0 radical (unpaired) electrons. The highest BCUT2D eigenvalue weighted by Gasteiger charge is 2.30. The third kappa shape index (κ3) is 4.82. The van der Waals surface area contributed by atoms with Crippen LogP contribution in [0.5, 0.6) is 0 Å². The molecule has 5 rings (SSSR count). The predicted octanol–water partition coefficient (Wildman–Crippen LogP) is 4.04. The van der Waals surface area contributed by atoms with Gasteiger partial charge in [0, 0.05) is 6.04 Å². The van der Waals surface area contributed by atoms with E-state index in [1.165, 1.54) is 16.7 Å². The summed E-state index contributed by atoms with van der Waals surface area (Å²) >= 11 is 0. The van der Waals surface area contributed by atoms with Crippen LogP contribution in [0, 0.1) is 0 Å². The maximum atomic E-state index is 13.5. The molecular weight excluding hydrogens is 471 g/mol. The van der Waals surface area contributed by atoms with Crippen LogP contribution in [0.25, 0.3) is 16.6 Å². The Bertz CT molecular complexity index is 1570. The number of benzene rings is 3. The second-order valence-electron chi connectivity index (χ2n) is 8.91. The fourth-order valence-electron chi connectivity index (χ4n) is 4.18. The van der Waals surface area contributed by atoms with Crippen LogP contribution >= 0.6 is 0 Å². The lowest BCUT2D eigenvalue weighted by Gasteiger charge is -2.15. The number of amides is 1. The van der Waals surface area contributed by atoms with E-state index >= 15 is 0 Å². The zero-order chi connectivity index (χ0) is 25.4. The SMILES string of the molecule is O=C(Cc1ccc(-n2c(=O)c3ccccc3n(Cc3cccc(C(F)(F)F)c3)c2=O)cc1)NC1CC1. The van der Waals surface area contributed by atoms with Gasteiger partial charge in [-0.25, -0.2) is 9.36 Å². The van der Waals surface area contributed by atoms with Crippen molar-refractivity contribution < 1.29 is 18.0 Å². The van der Waals surface area contributed by atoms with E-state index in [1.807, 2.05) is 0 Å². The first kappa shape index (κ1) is 23.6. The summed E-state index contributed by atoms with van der Waals surface area (Å²) in [6.45, 7) is -0.150. The molecule has 9 heteroatoms. The Kier molecular flexibility index (Phi) is 5.99. The van der Waals surface area contributed by atoms with Crippen molar-refractivity contribution in [2.45, 2.75) is 38.0 Å². The molecule has 1 saturated carbocycles. The average Bonchev–Trinajstić information content (AvgIpc) is 3.66. The van der Waals surface area contributed by atoms with E-state index in [2.05, 4.69) is 5.32 Å². The summed E-state index contributed by atoms with van der Waals surface area (Å²) in [7, 11) is 0. The number of para-hydroxylation sites is 1. The summed E-state index contributed by atoms with van der Waals surface area (Å²) in [4.78, 5) is 38.9. The smallest absolute Gasteiger partial charge is 0.353 e. The summed E-state index contributed by atoms with van der Waals surface area (Å²) in [6.07, 6.45) is -2.35. The summed E-state index contributed by atoms with van der Waals surface area (Å²) in [6, 6.07) is 18.1. The molecule has 1 amide bonds. The van der Waals surface area contributed by atoms with Gasteiger partial charge in [0.15, 0.2) is 0 Å². The van der Waals surface area contributed by atoms with Gasteiger partial charge in [-0.3, -0.25) is 14.2 Å². The molecule has 1 heterocycles. The first-order valence-corrected chi connectivity index (χ1v) is 11.5. The number of fused-ring (bicyclic) bond motifs is 1. The molecule has 0 saturated heterocycles. The van der Waals surface area contributed by atoms with Gasteiger partial charge >= 0.3 is 11.9 Å². The Morgan fingerprint density at radius 1 is 0.917 bits per heavy atom. The number of carbonyl (C=O) groups excluding carboxylic acids is 1. The number of hydrogen-bond donors (Lipinski definition) is 1. The lowest BCUT2D eigenvalue weighted by molar-refractivity contribution is -0.137. The van der Waals surface area contributed by atoms with Gasteiger partial charge in [-0.15, -0.1) is 0 Å². The van der Waals surface area contributed by atoms with Gasteiger partial charge < -0.3 is 5.32 Å². The maximum absolute atomic E-state index is 13.5. The van der Waals surface area contributed by atoms with Crippen LogP contribution in [0.4, 0.5) is 13.2 Å². The summed E-state index contributed by atoms with van der Waals surface area (Å²) in [5, 5.41) is 3.17. The quantitative estimate of drug-likeness (QED) is 0.441. The standard InChI is InChI=1S/C27H22F3N3O3/c28-27(29,30)19-5-3-4-18(14-19)16-32-23-7-2-1-6-22(23)25(35)33(26(32)36)21-12-8-17(9-13-21)15-24(34)31-20-10-11-20/h1-9,12-14,20H,10-11,15-16H2,(H,31,34). The van der Waals surface area contributed by atoms with E-state index < -0.39 is 23.0 Å². The van der Waals surface area contributed by atoms with E-state index in [4.69, 9.17) is 0 Å². The largest absolute Gasteiger partial charge is 0.416 e. The number of aromatic nitrogens is 2. The second kappa shape index (κ2) is 9.14. The first-order valence-electron chi connectivity index (χ1n) is 11.5. The summed E-state index contributed by atoms with van der Waals surface area (Å²) in [5.74, 6) is -0.0865. The first-order chi connectivity index (χ1) is 17.2. The van der Waals surface area contributed by atoms with Gasteiger partial charge in [0.2, 0.25) is 5.91 Å². The zero-order valence-corrected chi connectivity index (χ0v) is 19.1. The van der Waals surface area contributed by atoms with Gasteiger partial charge in [0.1, 0.15) is 0 Å². The third-order valence-electron chi connectivity index (χ3n) is 6.15. The minimum Gasteiger partial charge on any atom is -0.353 e. The maximum Gasteiger partial charge on any atom is 0.416 e. The van der Waals surface area contributed by atoms with E-state index in [0.29, 0.717) is 11.2 Å². The van der Waals surface area contributed by atoms with Crippen LogP contribution in [0.1, 0.15) is 29.5 Å². The molecule has 0 unspecified atom stereocenters. The van der Waals surface area contributed by atoms with Gasteiger partial charge in [-0.2, -0.15) is 13.2 Å². The van der Waals surface area contributed by atoms with E-state index in [0.717, 1.165) is 35.1 Å². The molecule has 0 atom stereocenters. The topological polar surface area (TPSA) is 73.1 Å². The van der Waals surface area contributed by atoms with Crippen molar-refractivity contribution >= 4 is 16.8 Å². The van der Waals surface area contributed by atoms with Crippen LogP contribution in [0.3, 0.4) is 0 Å². The van der Waals surface area contributed by atoms with Crippen LogP contribution in [-0.4, -0.2) is 21.1 Å². The Morgan fingerprint density at radius 2 is 1.64 bits per heavy atom. The molecule has 1 fully saturated rings. The second-order valence-corrected chi connectivity index (χ2v) is 8.91. The number of nitrogens with one attached hydrogen (secondary N) is 1. The lowest BCUT2D eigenvalue weighted by atomic mass is 10.1. The van der Waals surface area contributed by atoms with Crippen LogP contribution < -0.4 is 16.6 Å². The average molecular weight is 493 g/mol. The molecule has 0 aliphatic heterocycles. The number of rotatable bonds is 6. The van der Waals surface area contributed by atoms with Crippen LogP contribution in [0.15, 0.2) is 82.4 Å². The van der Waals surface area contributed by atoms with Gasteiger partial charge in [0.25, 0.3) is 5.56 Å². The zero-order valence-electron chi connectivity index (χ0n) is 19.1. The van der Waals surface area contributed by atoms with E-state index in [9.17, 15) is 27.6 Å². The van der Waals surface area contributed by atoms with Gasteiger partial charge in [0.05, 0.1) is 35.1 Å². The van der Waals surface area contributed by atoms with Gasteiger partial charge in [-0.1, -0.05) is 36.4 Å². The summed E-state index contributed by atoms with van der Waals surface area (Å²) in [5.41, 5.74) is -0.374. The fraction of sp³-hybridized carbons (Fsp3) is 0.222. The Balaban J connectivity index is 1.55. The molecule has 4 aromatic rings. The van der Waals surface area contributed by atoms with Crippen molar-refractivity contribution in [3.8, 4) is 5.69 Å². The minimum atomic E-state index is -4.51.